The number of aliphatic hydroxyl groups is 1. The summed E-state index contributed by atoms with van der Waals surface area (Å²) in [6.45, 7) is 7.50. The van der Waals surface area contributed by atoms with Crippen molar-refractivity contribution in [2.45, 2.75) is 39.0 Å². The van der Waals surface area contributed by atoms with Gasteiger partial charge in [-0.25, -0.2) is 0 Å². The Morgan fingerprint density at radius 1 is 1.41 bits per heavy atom. The van der Waals surface area contributed by atoms with E-state index in [9.17, 15) is 9.90 Å². The first-order valence-electron chi connectivity index (χ1n) is 8.24. The van der Waals surface area contributed by atoms with Gasteiger partial charge in [0.15, 0.2) is 0 Å². The number of aliphatic hydroxyl groups excluding tert-OH is 1. The van der Waals surface area contributed by atoms with Crippen LogP contribution in [0.5, 0.6) is 0 Å². The Morgan fingerprint density at radius 2 is 2.14 bits per heavy atom. The Bertz CT molecular complexity index is 505. The highest BCUT2D eigenvalue weighted by atomic mass is 16.3. The lowest BCUT2D eigenvalue weighted by atomic mass is 9.77. The summed E-state index contributed by atoms with van der Waals surface area (Å²) in [5.41, 5.74) is 1.80. The van der Waals surface area contributed by atoms with Crippen LogP contribution in [0, 0.1) is 5.41 Å². The van der Waals surface area contributed by atoms with Gasteiger partial charge in [-0.3, -0.25) is 4.79 Å². The number of carbonyl (C=O) groups is 1. The van der Waals surface area contributed by atoms with Crippen LogP contribution in [0.1, 0.15) is 48.5 Å². The molecule has 1 atom stereocenters. The molecule has 3 heteroatoms. The minimum Gasteiger partial charge on any atom is -0.396 e. The Kier molecular flexibility index (Phi) is 5.78. The van der Waals surface area contributed by atoms with E-state index in [1.165, 1.54) is 5.56 Å². The normalized spacial score (nSPS) is 21.6. The number of nitrogens with zero attached hydrogens (tertiary/aromatic N) is 1. The molecule has 1 heterocycles. The monoisotopic (exact) mass is 301 g/mol. The zero-order chi connectivity index (χ0) is 16.0. The van der Waals surface area contributed by atoms with E-state index in [2.05, 4.69) is 13.5 Å². The quantitative estimate of drug-likeness (QED) is 0.818. The molecule has 3 nitrogen and oxygen atoms in total. The first-order chi connectivity index (χ1) is 10.6. The highest BCUT2D eigenvalue weighted by Gasteiger charge is 2.36. The largest absolute Gasteiger partial charge is 0.396 e. The molecule has 1 N–H and O–H groups in total. The smallest absolute Gasteiger partial charge is 0.253 e. The van der Waals surface area contributed by atoms with Crippen LogP contribution in [0.2, 0.25) is 0 Å². The van der Waals surface area contributed by atoms with E-state index >= 15 is 0 Å². The third-order valence-corrected chi connectivity index (χ3v) is 4.65. The number of benzene rings is 1. The standard InChI is InChI=1S/C19H27NO2/c1-3-6-16-7-9-17(10-8-16)18(22)20-13-5-12-19(14-20,15-21)11-4-2/h3,7-10,21H,1,4-6,11-15H2,2H3. The fourth-order valence-electron chi connectivity index (χ4n) is 3.46. The van der Waals surface area contributed by atoms with Crippen molar-refractivity contribution in [3.05, 3.63) is 48.0 Å². The van der Waals surface area contributed by atoms with E-state index in [0.717, 1.165) is 44.2 Å². The maximum Gasteiger partial charge on any atom is 0.253 e. The molecule has 1 aromatic rings. The van der Waals surface area contributed by atoms with Crippen LogP contribution < -0.4 is 0 Å². The van der Waals surface area contributed by atoms with Crippen LogP contribution >= 0.6 is 0 Å². The second-order valence-corrected chi connectivity index (χ2v) is 6.43. The lowest BCUT2D eigenvalue weighted by Gasteiger charge is -2.42. The molecule has 22 heavy (non-hydrogen) atoms. The van der Waals surface area contributed by atoms with Crippen molar-refractivity contribution >= 4 is 5.91 Å². The lowest BCUT2D eigenvalue weighted by Crippen LogP contribution is -2.47. The molecule has 0 spiro atoms. The second-order valence-electron chi connectivity index (χ2n) is 6.43. The summed E-state index contributed by atoms with van der Waals surface area (Å²) in [5.74, 6) is 0.0822. The van der Waals surface area contributed by atoms with E-state index < -0.39 is 0 Å². The summed E-state index contributed by atoms with van der Waals surface area (Å²) in [6.07, 6.45) is 6.69. The number of piperidine rings is 1. The molecule has 1 aromatic carbocycles. The van der Waals surface area contributed by atoms with Gasteiger partial charge in [-0.15, -0.1) is 6.58 Å². The third-order valence-electron chi connectivity index (χ3n) is 4.65. The maximum absolute atomic E-state index is 12.7. The van der Waals surface area contributed by atoms with Gasteiger partial charge in [0.1, 0.15) is 0 Å². The summed E-state index contributed by atoms with van der Waals surface area (Å²) >= 11 is 0. The van der Waals surface area contributed by atoms with Crippen LogP contribution in [-0.2, 0) is 6.42 Å². The molecule has 0 aliphatic carbocycles. The molecule has 1 unspecified atom stereocenters. The molecule has 0 bridgehead atoms. The van der Waals surface area contributed by atoms with Gasteiger partial charge in [-0.05, 0) is 43.4 Å². The molecular weight excluding hydrogens is 274 g/mol. The Hall–Kier alpha value is -1.61. The minimum absolute atomic E-state index is 0.0822. The van der Waals surface area contributed by atoms with Crippen LogP contribution in [0.25, 0.3) is 0 Å². The Morgan fingerprint density at radius 3 is 2.73 bits per heavy atom. The minimum atomic E-state index is -0.106. The first kappa shape index (κ1) is 16.8. The van der Waals surface area contributed by atoms with Crippen LogP contribution in [-0.4, -0.2) is 35.6 Å². The number of likely N-dealkylation sites (tertiary alicyclic amines) is 1. The summed E-state index contributed by atoms with van der Waals surface area (Å²) < 4.78 is 0. The molecule has 0 aromatic heterocycles. The Labute approximate surface area is 133 Å². The van der Waals surface area contributed by atoms with Crippen molar-refractivity contribution in [1.29, 1.82) is 0 Å². The maximum atomic E-state index is 12.7. The number of allylic oxidation sites excluding steroid dienone is 1. The van der Waals surface area contributed by atoms with Gasteiger partial charge in [0.05, 0.1) is 6.61 Å². The summed E-state index contributed by atoms with van der Waals surface area (Å²) in [6, 6.07) is 7.78. The molecule has 0 saturated carbocycles. The van der Waals surface area contributed by atoms with E-state index in [1.807, 2.05) is 35.2 Å². The van der Waals surface area contributed by atoms with Gasteiger partial charge >= 0.3 is 0 Å². The van der Waals surface area contributed by atoms with Gasteiger partial charge in [-0.1, -0.05) is 31.6 Å². The summed E-state index contributed by atoms with van der Waals surface area (Å²) in [4.78, 5) is 14.6. The topological polar surface area (TPSA) is 40.5 Å². The van der Waals surface area contributed by atoms with E-state index in [4.69, 9.17) is 0 Å². The molecule has 0 radical (unpaired) electrons. The van der Waals surface area contributed by atoms with E-state index in [0.29, 0.717) is 6.54 Å². The number of carbonyl (C=O) groups excluding carboxylic acids is 1. The molecule has 1 amide bonds. The average molecular weight is 301 g/mol. The van der Waals surface area contributed by atoms with Crippen molar-refractivity contribution in [2.24, 2.45) is 5.41 Å². The van der Waals surface area contributed by atoms with E-state index in [-0.39, 0.29) is 17.9 Å². The molecule has 1 aliphatic rings. The van der Waals surface area contributed by atoms with Gasteiger partial charge in [0.2, 0.25) is 0 Å². The Balaban J connectivity index is 2.09. The number of hydrogen-bond acceptors (Lipinski definition) is 2. The molecule has 1 fully saturated rings. The fourth-order valence-corrected chi connectivity index (χ4v) is 3.46. The average Bonchev–Trinajstić information content (AvgIpc) is 2.56. The van der Waals surface area contributed by atoms with Crippen LogP contribution in [0.15, 0.2) is 36.9 Å². The van der Waals surface area contributed by atoms with Gasteiger partial charge < -0.3 is 10.0 Å². The first-order valence-corrected chi connectivity index (χ1v) is 8.24. The van der Waals surface area contributed by atoms with Gasteiger partial charge in [0.25, 0.3) is 5.91 Å². The zero-order valence-corrected chi connectivity index (χ0v) is 13.6. The predicted molar refractivity (Wildman–Crippen MR) is 89.9 cm³/mol. The molecule has 120 valence electrons. The second kappa shape index (κ2) is 7.59. The summed E-state index contributed by atoms with van der Waals surface area (Å²) in [5, 5.41) is 9.79. The van der Waals surface area contributed by atoms with Crippen molar-refractivity contribution in [1.82, 2.24) is 4.90 Å². The van der Waals surface area contributed by atoms with Crippen molar-refractivity contribution in [3.63, 3.8) is 0 Å². The molecule has 1 aliphatic heterocycles. The lowest BCUT2D eigenvalue weighted by molar-refractivity contribution is 0.0222. The van der Waals surface area contributed by atoms with Crippen molar-refractivity contribution in [2.75, 3.05) is 19.7 Å². The molecule has 1 saturated heterocycles. The van der Waals surface area contributed by atoms with Gasteiger partial charge in [-0.2, -0.15) is 0 Å². The highest BCUT2D eigenvalue weighted by molar-refractivity contribution is 5.94. The zero-order valence-electron chi connectivity index (χ0n) is 13.6. The molecular formula is C19H27NO2. The molecule has 2 rings (SSSR count). The van der Waals surface area contributed by atoms with Gasteiger partial charge in [0, 0.05) is 24.1 Å². The highest BCUT2D eigenvalue weighted by Crippen LogP contribution is 2.34. The summed E-state index contributed by atoms with van der Waals surface area (Å²) in [7, 11) is 0. The SMILES string of the molecule is C=CCc1ccc(C(=O)N2CCCC(CO)(CCC)C2)cc1. The number of amides is 1. The van der Waals surface area contributed by atoms with E-state index in [1.54, 1.807) is 0 Å². The third kappa shape index (κ3) is 3.77. The predicted octanol–water partition coefficient (Wildman–Crippen LogP) is 3.43. The van der Waals surface area contributed by atoms with Crippen molar-refractivity contribution < 1.29 is 9.90 Å². The van der Waals surface area contributed by atoms with Crippen LogP contribution in [0.4, 0.5) is 0 Å². The van der Waals surface area contributed by atoms with Crippen molar-refractivity contribution in [3.8, 4) is 0 Å². The van der Waals surface area contributed by atoms with Crippen LogP contribution in [0.3, 0.4) is 0 Å². The fraction of sp³-hybridized carbons (Fsp3) is 0.526. The number of rotatable bonds is 6. The number of hydrogen-bond donors (Lipinski definition) is 1.